The monoisotopic (exact) mass is 489 g/mol. The van der Waals surface area contributed by atoms with E-state index in [1.807, 2.05) is 6.07 Å². The quantitative estimate of drug-likeness (QED) is 0.307. The van der Waals surface area contributed by atoms with Crippen molar-refractivity contribution in [2.24, 2.45) is 0 Å². The van der Waals surface area contributed by atoms with Gasteiger partial charge in [-0.15, -0.1) is 0 Å². The number of aliphatic hydroxyl groups excluding tert-OH is 1. The predicted molar refractivity (Wildman–Crippen MR) is 95.8 cm³/mol. The molecule has 14 nitrogen and oxygen atoms in total. The van der Waals surface area contributed by atoms with Crippen LogP contribution in [-0.4, -0.2) is 50.6 Å². The first-order valence-corrected chi connectivity index (χ1v) is 12.5. The molecule has 1 saturated heterocycles. The molecule has 2 rings (SSSR count). The highest BCUT2D eigenvalue weighted by Crippen LogP contribution is 2.66. The standard InChI is InChI=1S/C13H18NO13P3/c1-23-11-4-8(6-14)2-3-9(11)12-5-10(15)13(25-12)7-24-29(19,20)27-30(21,22)26-28(16,17)18/h2-4,10,12-13,15H,5,7H2,1H3,(H,19,20)(H,21,22)(H2,16,17,18)/t10?,12-,13-/m1/s1. The minimum absolute atomic E-state index is 0.0344. The van der Waals surface area contributed by atoms with E-state index in [0.29, 0.717) is 16.9 Å². The van der Waals surface area contributed by atoms with E-state index in [-0.39, 0.29) is 6.42 Å². The molecule has 0 spiro atoms. The number of benzene rings is 1. The minimum Gasteiger partial charge on any atom is -0.496 e. The summed E-state index contributed by atoms with van der Waals surface area (Å²) in [5.74, 6) is 0.319. The van der Waals surface area contributed by atoms with Gasteiger partial charge in [0.15, 0.2) is 0 Å². The number of ether oxygens (including phenoxy) is 2. The fraction of sp³-hybridized carbons (Fsp3) is 0.462. The van der Waals surface area contributed by atoms with Crippen molar-refractivity contribution < 1.29 is 61.0 Å². The topological polar surface area (TPSA) is 222 Å². The Morgan fingerprint density at radius 1 is 1.17 bits per heavy atom. The molecule has 0 bridgehead atoms. The smallest absolute Gasteiger partial charge is 0.490 e. The lowest BCUT2D eigenvalue weighted by Crippen LogP contribution is -2.26. The lowest BCUT2D eigenvalue weighted by Gasteiger charge is -2.19. The normalized spacial score (nSPS) is 25.8. The third-order valence-corrected chi connectivity index (χ3v) is 7.55. The molecule has 0 amide bonds. The molecule has 0 radical (unpaired) electrons. The van der Waals surface area contributed by atoms with Gasteiger partial charge in [-0.2, -0.15) is 13.9 Å². The molecule has 168 valence electrons. The molecule has 1 aromatic rings. The van der Waals surface area contributed by atoms with E-state index < -0.39 is 48.4 Å². The summed E-state index contributed by atoms with van der Waals surface area (Å²) in [6.07, 6.45) is -3.03. The molecule has 0 saturated carbocycles. The molecule has 17 heteroatoms. The lowest BCUT2D eigenvalue weighted by atomic mass is 10.0. The van der Waals surface area contributed by atoms with Crippen molar-refractivity contribution >= 4 is 23.5 Å². The van der Waals surface area contributed by atoms with Crippen LogP contribution in [0, 0.1) is 11.3 Å². The van der Waals surface area contributed by atoms with Crippen LogP contribution in [0.5, 0.6) is 5.75 Å². The summed E-state index contributed by atoms with van der Waals surface area (Å²) in [7, 11) is -15.1. The molecule has 30 heavy (non-hydrogen) atoms. The molecule has 1 aromatic carbocycles. The Bertz CT molecular complexity index is 956. The maximum Gasteiger partial charge on any atom is 0.490 e. The van der Waals surface area contributed by atoms with Crippen LogP contribution >= 0.6 is 23.5 Å². The van der Waals surface area contributed by atoms with Gasteiger partial charge in [-0.1, -0.05) is 6.07 Å². The number of methoxy groups -OCH3 is 1. The fourth-order valence-electron chi connectivity index (χ4n) is 2.60. The summed E-state index contributed by atoms with van der Waals surface area (Å²) in [4.78, 5) is 35.6. The van der Waals surface area contributed by atoms with Crippen LogP contribution in [0.15, 0.2) is 18.2 Å². The van der Waals surface area contributed by atoms with E-state index in [9.17, 15) is 23.7 Å². The number of hydrogen-bond donors (Lipinski definition) is 5. The predicted octanol–water partition coefficient (Wildman–Crippen LogP) is 1.10. The Kier molecular flexibility index (Phi) is 7.99. The molecular weight excluding hydrogens is 471 g/mol. The molecule has 3 unspecified atom stereocenters. The van der Waals surface area contributed by atoms with Crippen LogP contribution in [0.1, 0.15) is 23.7 Å². The zero-order valence-electron chi connectivity index (χ0n) is 15.2. The van der Waals surface area contributed by atoms with Crippen molar-refractivity contribution in [3.63, 3.8) is 0 Å². The van der Waals surface area contributed by atoms with Gasteiger partial charge in [-0.25, -0.2) is 13.7 Å². The largest absolute Gasteiger partial charge is 0.496 e. The average molecular weight is 489 g/mol. The number of nitriles is 1. The van der Waals surface area contributed by atoms with Crippen molar-refractivity contribution in [1.29, 1.82) is 5.26 Å². The van der Waals surface area contributed by atoms with Gasteiger partial charge in [0, 0.05) is 12.0 Å². The summed E-state index contributed by atoms with van der Waals surface area (Å²) < 4.78 is 56.1. The molecule has 0 aliphatic carbocycles. The highest BCUT2D eigenvalue weighted by molar-refractivity contribution is 7.66. The Labute approximate surface area is 170 Å². The van der Waals surface area contributed by atoms with Crippen LogP contribution in [0.4, 0.5) is 0 Å². The number of nitrogens with zero attached hydrogens (tertiary/aromatic N) is 1. The van der Waals surface area contributed by atoms with Gasteiger partial charge < -0.3 is 34.2 Å². The Morgan fingerprint density at radius 3 is 2.40 bits per heavy atom. The fourth-order valence-corrected chi connectivity index (χ4v) is 5.63. The second-order valence-corrected chi connectivity index (χ2v) is 10.3. The minimum atomic E-state index is -5.64. The Hall–Kier alpha value is -1.16. The second-order valence-electron chi connectivity index (χ2n) is 5.92. The summed E-state index contributed by atoms with van der Waals surface area (Å²) in [6, 6.07) is 6.47. The molecule has 1 heterocycles. The highest BCUT2D eigenvalue weighted by Gasteiger charge is 2.43. The number of phosphoric ester groups is 1. The van der Waals surface area contributed by atoms with Gasteiger partial charge in [-0.3, -0.25) is 4.52 Å². The average Bonchev–Trinajstić information content (AvgIpc) is 2.97. The first-order valence-electron chi connectivity index (χ1n) is 7.95. The van der Waals surface area contributed by atoms with E-state index in [4.69, 9.17) is 29.4 Å². The van der Waals surface area contributed by atoms with E-state index in [1.54, 1.807) is 6.07 Å². The Balaban J connectivity index is 2.02. The number of phosphoric acid groups is 3. The first kappa shape index (κ1) is 25.1. The van der Waals surface area contributed by atoms with Gasteiger partial charge in [0.05, 0.1) is 37.6 Å². The summed E-state index contributed by atoms with van der Waals surface area (Å²) in [5.41, 5.74) is 0.828. The highest BCUT2D eigenvalue weighted by atomic mass is 31.3. The maximum atomic E-state index is 11.8. The van der Waals surface area contributed by atoms with Crippen molar-refractivity contribution in [3.8, 4) is 11.8 Å². The summed E-state index contributed by atoms with van der Waals surface area (Å²) in [6.45, 7) is -0.778. The van der Waals surface area contributed by atoms with E-state index in [1.165, 1.54) is 19.2 Å². The van der Waals surface area contributed by atoms with Gasteiger partial charge >= 0.3 is 23.5 Å². The Morgan fingerprint density at radius 2 is 1.83 bits per heavy atom. The molecular formula is C13H18NO13P3. The SMILES string of the molecule is COc1cc(C#N)ccc1[C@H]1CC(O)[C@@H](COP(=O)(O)OP(=O)(O)OP(=O)(O)O)O1. The molecule has 1 aliphatic rings. The zero-order chi connectivity index (χ0) is 22.7. The van der Waals surface area contributed by atoms with Crippen LogP contribution in [0.25, 0.3) is 0 Å². The zero-order valence-corrected chi connectivity index (χ0v) is 17.9. The van der Waals surface area contributed by atoms with Gasteiger partial charge in [0.2, 0.25) is 0 Å². The van der Waals surface area contributed by atoms with Gasteiger partial charge in [-0.05, 0) is 12.1 Å². The van der Waals surface area contributed by atoms with Crippen molar-refractivity contribution in [2.75, 3.05) is 13.7 Å². The van der Waals surface area contributed by atoms with Crippen LogP contribution in [-0.2, 0) is 31.6 Å². The van der Waals surface area contributed by atoms with Crippen LogP contribution in [0.2, 0.25) is 0 Å². The third kappa shape index (κ3) is 7.21. The second kappa shape index (κ2) is 9.54. The third-order valence-electron chi connectivity index (χ3n) is 3.75. The molecule has 1 fully saturated rings. The van der Waals surface area contributed by atoms with E-state index >= 15 is 0 Å². The number of rotatable bonds is 9. The van der Waals surface area contributed by atoms with Crippen molar-refractivity contribution in [1.82, 2.24) is 0 Å². The van der Waals surface area contributed by atoms with E-state index in [0.717, 1.165) is 0 Å². The van der Waals surface area contributed by atoms with Crippen LogP contribution < -0.4 is 4.74 Å². The van der Waals surface area contributed by atoms with Gasteiger partial charge in [0.25, 0.3) is 0 Å². The van der Waals surface area contributed by atoms with Crippen LogP contribution in [0.3, 0.4) is 0 Å². The van der Waals surface area contributed by atoms with Gasteiger partial charge in [0.1, 0.15) is 11.9 Å². The first-order chi connectivity index (χ1) is 13.8. The molecule has 5 atom stereocenters. The number of hydrogen-bond acceptors (Lipinski definition) is 10. The van der Waals surface area contributed by atoms with E-state index in [2.05, 4.69) is 13.1 Å². The summed E-state index contributed by atoms with van der Waals surface area (Å²) >= 11 is 0. The maximum absolute atomic E-state index is 11.8. The molecule has 5 N–H and O–H groups in total. The summed E-state index contributed by atoms with van der Waals surface area (Å²) in [5, 5.41) is 19.1. The molecule has 1 aliphatic heterocycles. The number of aliphatic hydroxyl groups is 1. The van der Waals surface area contributed by atoms with Crippen molar-refractivity contribution in [3.05, 3.63) is 29.3 Å². The van der Waals surface area contributed by atoms with Crippen molar-refractivity contribution in [2.45, 2.75) is 24.7 Å². The molecule has 0 aromatic heterocycles. The lowest BCUT2D eigenvalue weighted by molar-refractivity contribution is -0.0225.